The Morgan fingerprint density at radius 1 is 1.22 bits per heavy atom. The highest BCUT2D eigenvalue weighted by Crippen LogP contribution is 2.36. The van der Waals surface area contributed by atoms with Crippen molar-refractivity contribution in [3.63, 3.8) is 0 Å². The van der Waals surface area contributed by atoms with Crippen LogP contribution in [0.1, 0.15) is 71.2 Å². The zero-order valence-electron chi connectivity index (χ0n) is 12.7. The third-order valence-electron chi connectivity index (χ3n) is 4.43. The maximum absolute atomic E-state index is 4.58. The normalized spacial score (nSPS) is 21.6. The lowest BCUT2D eigenvalue weighted by atomic mass is 9.74. The molecule has 0 radical (unpaired) electrons. The highest BCUT2D eigenvalue weighted by Gasteiger charge is 2.26. The van der Waals surface area contributed by atoms with Crippen molar-refractivity contribution in [1.82, 2.24) is 9.78 Å². The standard InChI is InChI=1S/C16H28N2/c1-12(2)18-15-8-6-7-14(16(3,4)5)10-9-13(15)11-17-18/h11-12,14H,6-10H2,1-5H3. The van der Waals surface area contributed by atoms with E-state index in [0.29, 0.717) is 11.5 Å². The molecule has 2 heteroatoms. The number of hydrogen-bond donors (Lipinski definition) is 0. The lowest BCUT2D eigenvalue weighted by Crippen LogP contribution is -2.23. The molecule has 1 aromatic heterocycles. The Bertz CT molecular complexity index is 396. The summed E-state index contributed by atoms with van der Waals surface area (Å²) >= 11 is 0. The van der Waals surface area contributed by atoms with Gasteiger partial charge in [0, 0.05) is 11.7 Å². The molecule has 0 aromatic carbocycles. The van der Waals surface area contributed by atoms with Crippen molar-refractivity contribution < 1.29 is 0 Å². The number of hydrogen-bond acceptors (Lipinski definition) is 1. The Labute approximate surface area is 112 Å². The number of rotatable bonds is 1. The topological polar surface area (TPSA) is 17.8 Å². The minimum Gasteiger partial charge on any atom is -0.267 e. The molecular formula is C16H28N2. The second kappa shape index (κ2) is 5.07. The molecule has 0 spiro atoms. The summed E-state index contributed by atoms with van der Waals surface area (Å²) in [5.41, 5.74) is 3.45. The van der Waals surface area contributed by atoms with Crippen molar-refractivity contribution in [2.75, 3.05) is 0 Å². The van der Waals surface area contributed by atoms with E-state index < -0.39 is 0 Å². The van der Waals surface area contributed by atoms with Crippen LogP contribution >= 0.6 is 0 Å². The summed E-state index contributed by atoms with van der Waals surface area (Å²) in [5.74, 6) is 0.855. The zero-order valence-corrected chi connectivity index (χ0v) is 12.7. The summed E-state index contributed by atoms with van der Waals surface area (Å²) in [6.07, 6.45) is 8.53. The van der Waals surface area contributed by atoms with Crippen molar-refractivity contribution in [3.05, 3.63) is 17.5 Å². The lowest BCUT2D eigenvalue weighted by Gasteiger charge is -2.32. The van der Waals surface area contributed by atoms with Gasteiger partial charge in [0.05, 0.1) is 6.20 Å². The second-order valence-corrected chi connectivity index (χ2v) is 7.15. The van der Waals surface area contributed by atoms with Crippen LogP contribution in [0.5, 0.6) is 0 Å². The van der Waals surface area contributed by atoms with Gasteiger partial charge in [-0.1, -0.05) is 20.8 Å². The SMILES string of the molecule is CC(C)n1ncc2c1CCCC(C(C)(C)C)CC2. The molecule has 0 bridgehead atoms. The number of nitrogens with zero attached hydrogens (tertiary/aromatic N) is 2. The van der Waals surface area contributed by atoms with Gasteiger partial charge in [-0.05, 0) is 62.8 Å². The van der Waals surface area contributed by atoms with Gasteiger partial charge in [0.25, 0.3) is 0 Å². The van der Waals surface area contributed by atoms with Gasteiger partial charge in [-0.2, -0.15) is 5.10 Å². The molecule has 0 fully saturated rings. The average Bonchev–Trinajstić information content (AvgIpc) is 2.58. The van der Waals surface area contributed by atoms with E-state index in [-0.39, 0.29) is 0 Å². The van der Waals surface area contributed by atoms with Crippen LogP contribution in [0.3, 0.4) is 0 Å². The number of aromatic nitrogens is 2. The maximum Gasteiger partial charge on any atom is 0.0524 e. The van der Waals surface area contributed by atoms with E-state index in [0.717, 1.165) is 5.92 Å². The summed E-state index contributed by atoms with van der Waals surface area (Å²) in [6, 6.07) is 0.492. The largest absolute Gasteiger partial charge is 0.267 e. The molecule has 1 aliphatic rings. The van der Waals surface area contributed by atoms with Gasteiger partial charge in [-0.25, -0.2) is 0 Å². The van der Waals surface area contributed by atoms with Crippen molar-refractivity contribution in [3.8, 4) is 0 Å². The van der Waals surface area contributed by atoms with Gasteiger partial charge in [-0.15, -0.1) is 0 Å². The molecule has 0 N–H and O–H groups in total. The summed E-state index contributed by atoms with van der Waals surface area (Å²) in [4.78, 5) is 0. The highest BCUT2D eigenvalue weighted by atomic mass is 15.3. The van der Waals surface area contributed by atoms with E-state index in [9.17, 15) is 0 Å². The molecule has 0 saturated heterocycles. The summed E-state index contributed by atoms with van der Waals surface area (Å²) in [7, 11) is 0. The second-order valence-electron chi connectivity index (χ2n) is 7.15. The van der Waals surface area contributed by atoms with Crippen LogP contribution in [0.2, 0.25) is 0 Å². The quantitative estimate of drug-likeness (QED) is 0.720. The summed E-state index contributed by atoms with van der Waals surface area (Å²) in [6.45, 7) is 11.6. The lowest BCUT2D eigenvalue weighted by molar-refractivity contribution is 0.205. The van der Waals surface area contributed by atoms with E-state index in [1.54, 1.807) is 0 Å². The first-order valence-electron chi connectivity index (χ1n) is 7.45. The van der Waals surface area contributed by atoms with Gasteiger partial charge in [0.2, 0.25) is 0 Å². The molecule has 1 unspecified atom stereocenters. The Morgan fingerprint density at radius 2 is 1.94 bits per heavy atom. The third-order valence-corrected chi connectivity index (χ3v) is 4.43. The van der Waals surface area contributed by atoms with Crippen LogP contribution in [-0.4, -0.2) is 9.78 Å². The molecule has 1 atom stereocenters. The molecule has 18 heavy (non-hydrogen) atoms. The molecule has 1 aliphatic carbocycles. The molecule has 0 amide bonds. The first-order chi connectivity index (χ1) is 8.39. The van der Waals surface area contributed by atoms with E-state index in [2.05, 4.69) is 50.6 Å². The number of aryl methyl sites for hydroxylation is 1. The molecule has 1 heterocycles. The minimum absolute atomic E-state index is 0.450. The molecule has 2 rings (SSSR count). The predicted octanol–water partition coefficient (Wildman–Crippen LogP) is 4.40. The van der Waals surface area contributed by atoms with E-state index in [1.165, 1.54) is 43.4 Å². The predicted molar refractivity (Wildman–Crippen MR) is 76.8 cm³/mol. The Hall–Kier alpha value is -0.790. The van der Waals surface area contributed by atoms with E-state index in [1.807, 2.05) is 0 Å². The van der Waals surface area contributed by atoms with Gasteiger partial charge >= 0.3 is 0 Å². The Kier molecular flexibility index (Phi) is 3.84. The third kappa shape index (κ3) is 2.78. The molecular weight excluding hydrogens is 220 g/mol. The molecule has 1 aromatic rings. The average molecular weight is 248 g/mol. The fourth-order valence-electron chi connectivity index (χ4n) is 3.21. The summed E-state index contributed by atoms with van der Waals surface area (Å²) in [5, 5.41) is 4.58. The van der Waals surface area contributed by atoms with Crippen LogP contribution in [0.25, 0.3) is 0 Å². The molecule has 0 saturated carbocycles. The minimum atomic E-state index is 0.450. The number of fused-ring (bicyclic) bond motifs is 1. The van der Waals surface area contributed by atoms with Crippen LogP contribution in [0.15, 0.2) is 6.20 Å². The highest BCUT2D eigenvalue weighted by molar-refractivity contribution is 5.19. The van der Waals surface area contributed by atoms with Gasteiger partial charge in [0.15, 0.2) is 0 Å². The zero-order chi connectivity index (χ0) is 13.3. The smallest absolute Gasteiger partial charge is 0.0524 e. The fraction of sp³-hybridized carbons (Fsp3) is 0.812. The van der Waals surface area contributed by atoms with Crippen LogP contribution < -0.4 is 0 Å². The first kappa shape index (κ1) is 13.6. The Morgan fingerprint density at radius 3 is 2.56 bits per heavy atom. The molecule has 0 aliphatic heterocycles. The van der Waals surface area contributed by atoms with E-state index in [4.69, 9.17) is 0 Å². The van der Waals surface area contributed by atoms with Crippen molar-refractivity contribution in [2.24, 2.45) is 11.3 Å². The molecule has 2 nitrogen and oxygen atoms in total. The van der Waals surface area contributed by atoms with E-state index >= 15 is 0 Å². The van der Waals surface area contributed by atoms with Gasteiger partial charge in [0.1, 0.15) is 0 Å². The Balaban J connectivity index is 2.17. The molecule has 102 valence electrons. The van der Waals surface area contributed by atoms with Crippen LogP contribution in [0, 0.1) is 11.3 Å². The van der Waals surface area contributed by atoms with Crippen LogP contribution in [-0.2, 0) is 12.8 Å². The van der Waals surface area contributed by atoms with Gasteiger partial charge in [-0.3, -0.25) is 4.68 Å². The van der Waals surface area contributed by atoms with Crippen LogP contribution in [0.4, 0.5) is 0 Å². The maximum atomic E-state index is 4.58. The van der Waals surface area contributed by atoms with Crippen molar-refractivity contribution in [1.29, 1.82) is 0 Å². The van der Waals surface area contributed by atoms with Gasteiger partial charge < -0.3 is 0 Å². The fourth-order valence-corrected chi connectivity index (χ4v) is 3.21. The van der Waals surface area contributed by atoms with Crippen molar-refractivity contribution >= 4 is 0 Å². The van der Waals surface area contributed by atoms with Crippen molar-refractivity contribution in [2.45, 2.75) is 72.8 Å². The summed E-state index contributed by atoms with van der Waals surface area (Å²) < 4.78 is 2.23. The first-order valence-corrected chi connectivity index (χ1v) is 7.45. The monoisotopic (exact) mass is 248 g/mol.